The molecule has 0 atom stereocenters. The highest BCUT2D eigenvalue weighted by Gasteiger charge is 2.16. The Hall–Kier alpha value is -3.40. The Kier molecular flexibility index (Phi) is 5.88. The molecule has 2 heterocycles. The third-order valence-electron chi connectivity index (χ3n) is 6.05. The molecule has 164 valence electrons. The maximum atomic E-state index is 4.89. The number of imidazole rings is 2. The van der Waals surface area contributed by atoms with Gasteiger partial charge in [-0.1, -0.05) is 63.8 Å². The Morgan fingerprint density at radius 1 is 0.875 bits per heavy atom. The summed E-state index contributed by atoms with van der Waals surface area (Å²) in [5.41, 5.74) is 11.3. The first-order valence-corrected chi connectivity index (χ1v) is 11.3. The van der Waals surface area contributed by atoms with Gasteiger partial charge in [-0.3, -0.25) is 0 Å². The van der Waals surface area contributed by atoms with Crippen LogP contribution in [-0.2, 0) is 6.42 Å². The van der Waals surface area contributed by atoms with Crippen molar-refractivity contribution >= 4 is 6.08 Å². The highest BCUT2D eigenvalue weighted by molar-refractivity contribution is 5.80. The molecule has 32 heavy (non-hydrogen) atoms. The lowest BCUT2D eigenvalue weighted by Gasteiger charge is -2.12. The van der Waals surface area contributed by atoms with Crippen molar-refractivity contribution in [3.05, 3.63) is 77.1 Å². The van der Waals surface area contributed by atoms with Crippen LogP contribution in [0.5, 0.6) is 0 Å². The molecule has 0 unspecified atom stereocenters. The molecule has 2 aromatic carbocycles. The number of hydrogen-bond acceptors (Lipinski definition) is 2. The van der Waals surface area contributed by atoms with Crippen LogP contribution in [-0.4, -0.2) is 19.9 Å². The van der Waals surface area contributed by atoms with Crippen LogP contribution in [0, 0.1) is 20.8 Å². The fraction of sp³-hybridized carbons (Fsp3) is 0.286. The number of rotatable bonds is 6. The minimum absolute atomic E-state index is 0.379. The third-order valence-corrected chi connectivity index (χ3v) is 6.05. The van der Waals surface area contributed by atoms with Crippen molar-refractivity contribution in [2.24, 2.45) is 0 Å². The van der Waals surface area contributed by atoms with Crippen LogP contribution in [0.25, 0.3) is 39.7 Å². The van der Waals surface area contributed by atoms with E-state index in [1.165, 1.54) is 22.3 Å². The lowest BCUT2D eigenvalue weighted by atomic mass is 9.93. The zero-order chi connectivity index (χ0) is 23.0. The van der Waals surface area contributed by atoms with E-state index in [0.29, 0.717) is 5.92 Å². The van der Waals surface area contributed by atoms with Crippen LogP contribution < -0.4 is 0 Å². The number of aryl methyl sites for hydroxylation is 4. The standard InChI is InChI=1S/C28H32N4/c1-8-20-14-22(10-12-24(20)26-17(5)29-19(7)31-26)23-11-13-25(21(9-2)15-23)27-18(6)30-28(32-27)16(3)4/h8,10-16H,1,9H2,2-7H3,(H,29,31)(H,30,32). The van der Waals surface area contributed by atoms with Crippen LogP contribution in [0.1, 0.15) is 60.9 Å². The molecule has 4 nitrogen and oxygen atoms in total. The van der Waals surface area contributed by atoms with Gasteiger partial charge < -0.3 is 9.97 Å². The number of H-pyrrole nitrogens is 2. The maximum absolute atomic E-state index is 4.89. The first kappa shape index (κ1) is 21.8. The van der Waals surface area contributed by atoms with Gasteiger partial charge in [0.15, 0.2) is 0 Å². The summed E-state index contributed by atoms with van der Waals surface area (Å²) in [4.78, 5) is 16.3. The van der Waals surface area contributed by atoms with E-state index in [1.807, 2.05) is 13.0 Å². The second kappa shape index (κ2) is 8.62. The van der Waals surface area contributed by atoms with Gasteiger partial charge in [-0.05, 0) is 55.5 Å². The monoisotopic (exact) mass is 424 g/mol. The quantitative estimate of drug-likeness (QED) is 0.339. The molecule has 4 aromatic rings. The SMILES string of the molecule is C=Cc1cc(-c2ccc(-c3nc(C(C)C)[nH]c3C)c(CC)c2)ccc1-c1nc(C)[nH]c1C. The van der Waals surface area contributed by atoms with E-state index in [9.17, 15) is 0 Å². The number of hydrogen-bond donors (Lipinski definition) is 2. The Labute approximate surface area is 190 Å². The molecule has 0 saturated heterocycles. The number of nitrogens with zero attached hydrogens (tertiary/aromatic N) is 2. The van der Waals surface area contributed by atoms with Gasteiger partial charge >= 0.3 is 0 Å². The summed E-state index contributed by atoms with van der Waals surface area (Å²) in [7, 11) is 0. The van der Waals surface area contributed by atoms with Crippen LogP contribution >= 0.6 is 0 Å². The van der Waals surface area contributed by atoms with Crippen LogP contribution in [0.3, 0.4) is 0 Å². The molecule has 0 aliphatic heterocycles. The van der Waals surface area contributed by atoms with E-state index in [2.05, 4.69) is 92.5 Å². The van der Waals surface area contributed by atoms with Gasteiger partial charge in [-0.15, -0.1) is 0 Å². The maximum Gasteiger partial charge on any atom is 0.109 e. The van der Waals surface area contributed by atoms with Gasteiger partial charge in [0.2, 0.25) is 0 Å². The second-order valence-corrected chi connectivity index (χ2v) is 8.78. The molecule has 0 radical (unpaired) electrons. The fourth-order valence-electron chi connectivity index (χ4n) is 4.32. The molecule has 0 amide bonds. The molecule has 2 aromatic heterocycles. The average molecular weight is 425 g/mol. The molecular weight excluding hydrogens is 392 g/mol. The van der Waals surface area contributed by atoms with Crippen LogP contribution in [0.2, 0.25) is 0 Å². The van der Waals surface area contributed by atoms with E-state index in [1.54, 1.807) is 0 Å². The van der Waals surface area contributed by atoms with Gasteiger partial charge in [0.05, 0.1) is 11.4 Å². The highest BCUT2D eigenvalue weighted by atomic mass is 14.9. The largest absolute Gasteiger partial charge is 0.346 e. The minimum atomic E-state index is 0.379. The number of nitrogens with one attached hydrogen (secondary N) is 2. The van der Waals surface area contributed by atoms with Crippen molar-refractivity contribution in [3.63, 3.8) is 0 Å². The van der Waals surface area contributed by atoms with Gasteiger partial charge in [0, 0.05) is 28.4 Å². The summed E-state index contributed by atoms with van der Waals surface area (Å²) in [5.74, 6) is 2.34. The Morgan fingerprint density at radius 3 is 2.06 bits per heavy atom. The van der Waals surface area contributed by atoms with Crippen molar-refractivity contribution < 1.29 is 0 Å². The summed E-state index contributed by atoms with van der Waals surface area (Å²) < 4.78 is 0. The van der Waals surface area contributed by atoms with E-state index < -0.39 is 0 Å². The van der Waals surface area contributed by atoms with Crippen molar-refractivity contribution in [2.75, 3.05) is 0 Å². The molecule has 0 aliphatic carbocycles. The summed E-state index contributed by atoms with van der Waals surface area (Å²) >= 11 is 0. The van der Waals surface area contributed by atoms with Crippen molar-refractivity contribution in [3.8, 4) is 33.6 Å². The molecular formula is C28H32N4. The van der Waals surface area contributed by atoms with E-state index in [0.717, 1.165) is 52.0 Å². The topological polar surface area (TPSA) is 57.4 Å². The predicted octanol–water partition coefficient (Wildman–Crippen LogP) is 7.39. The van der Waals surface area contributed by atoms with Crippen molar-refractivity contribution in [1.82, 2.24) is 19.9 Å². The zero-order valence-corrected chi connectivity index (χ0v) is 19.9. The third kappa shape index (κ3) is 3.93. The molecule has 0 aliphatic rings. The van der Waals surface area contributed by atoms with Gasteiger partial charge in [-0.25, -0.2) is 9.97 Å². The zero-order valence-electron chi connectivity index (χ0n) is 19.9. The lowest BCUT2D eigenvalue weighted by Crippen LogP contribution is -1.93. The first-order chi connectivity index (χ1) is 15.3. The van der Waals surface area contributed by atoms with Gasteiger partial charge in [0.1, 0.15) is 11.6 Å². The van der Waals surface area contributed by atoms with Crippen molar-refractivity contribution in [2.45, 2.75) is 53.9 Å². The number of aromatic nitrogens is 4. The molecule has 0 spiro atoms. The normalized spacial score (nSPS) is 11.3. The number of benzene rings is 2. The Bertz CT molecular complexity index is 1290. The first-order valence-electron chi connectivity index (χ1n) is 11.3. The summed E-state index contributed by atoms with van der Waals surface area (Å²) in [6.45, 7) is 16.7. The smallest absolute Gasteiger partial charge is 0.109 e. The average Bonchev–Trinajstić information content (AvgIpc) is 3.34. The summed E-state index contributed by atoms with van der Waals surface area (Å²) in [6, 6.07) is 13.2. The molecule has 2 N–H and O–H groups in total. The van der Waals surface area contributed by atoms with E-state index >= 15 is 0 Å². The van der Waals surface area contributed by atoms with Gasteiger partial charge in [0.25, 0.3) is 0 Å². The van der Waals surface area contributed by atoms with Crippen LogP contribution in [0.15, 0.2) is 43.0 Å². The lowest BCUT2D eigenvalue weighted by molar-refractivity contribution is 0.792. The van der Waals surface area contributed by atoms with E-state index in [4.69, 9.17) is 4.98 Å². The molecule has 0 fully saturated rings. The minimum Gasteiger partial charge on any atom is -0.346 e. The number of aromatic amines is 2. The molecule has 4 heteroatoms. The van der Waals surface area contributed by atoms with Crippen LogP contribution in [0.4, 0.5) is 0 Å². The molecule has 0 saturated carbocycles. The summed E-state index contributed by atoms with van der Waals surface area (Å²) in [6.07, 6.45) is 2.86. The predicted molar refractivity (Wildman–Crippen MR) is 135 cm³/mol. The highest BCUT2D eigenvalue weighted by Crippen LogP contribution is 2.34. The summed E-state index contributed by atoms with van der Waals surface area (Å²) in [5, 5.41) is 0. The Morgan fingerprint density at radius 2 is 1.50 bits per heavy atom. The van der Waals surface area contributed by atoms with Gasteiger partial charge in [-0.2, -0.15) is 0 Å². The molecule has 0 bridgehead atoms. The molecule has 4 rings (SSSR count). The second-order valence-electron chi connectivity index (χ2n) is 8.78. The van der Waals surface area contributed by atoms with Crippen molar-refractivity contribution in [1.29, 1.82) is 0 Å². The fourth-order valence-corrected chi connectivity index (χ4v) is 4.32. The Balaban J connectivity index is 1.76. The van der Waals surface area contributed by atoms with E-state index in [-0.39, 0.29) is 0 Å².